The van der Waals surface area contributed by atoms with Crippen molar-refractivity contribution in [1.82, 2.24) is 0 Å². The molecule has 0 aliphatic heterocycles. The van der Waals surface area contributed by atoms with Crippen LogP contribution in [0.3, 0.4) is 0 Å². The van der Waals surface area contributed by atoms with E-state index in [4.69, 9.17) is 4.18 Å². The lowest BCUT2D eigenvalue weighted by Crippen LogP contribution is -2.14. The van der Waals surface area contributed by atoms with Crippen LogP contribution in [0.15, 0.2) is 23.1 Å². The van der Waals surface area contributed by atoms with Gasteiger partial charge in [-0.15, -0.1) is 0 Å². The van der Waals surface area contributed by atoms with Gasteiger partial charge in [-0.1, -0.05) is 0 Å². The number of hydrogen-bond acceptors (Lipinski definition) is 6. The number of benzene rings is 1. The third-order valence-electron chi connectivity index (χ3n) is 3.77. The summed E-state index contributed by atoms with van der Waals surface area (Å²) in [4.78, 5) is 20.8. The van der Waals surface area contributed by atoms with E-state index in [-0.39, 0.29) is 17.5 Å². The van der Waals surface area contributed by atoms with E-state index in [2.05, 4.69) is 0 Å². The zero-order valence-corrected chi connectivity index (χ0v) is 12.0. The smallest absolute Gasteiger partial charge is 0.292 e. The zero-order chi connectivity index (χ0) is 15.0. The molecule has 0 saturated heterocycles. The van der Waals surface area contributed by atoms with Gasteiger partial charge in [-0.3, -0.25) is 20.2 Å². The van der Waals surface area contributed by atoms with Gasteiger partial charge in [0.2, 0.25) is 0 Å². The Hall–Kier alpha value is -1.67. The van der Waals surface area contributed by atoms with Crippen molar-refractivity contribution in [3.05, 3.63) is 38.4 Å². The van der Waals surface area contributed by atoms with Crippen LogP contribution in [0.4, 0.5) is 11.4 Å². The molecule has 0 unspecified atom stereocenters. The highest BCUT2D eigenvalue weighted by Gasteiger charge is 2.43. The Bertz CT molecular complexity index is 574. The predicted molar refractivity (Wildman–Crippen MR) is 75.9 cm³/mol. The van der Waals surface area contributed by atoms with Crippen molar-refractivity contribution in [3.63, 3.8) is 0 Å². The molecule has 0 atom stereocenters. The minimum Gasteiger partial charge on any atom is -0.306 e. The first-order valence-electron chi connectivity index (χ1n) is 6.82. The molecule has 8 heteroatoms. The van der Waals surface area contributed by atoms with Crippen LogP contribution in [-0.4, -0.2) is 16.0 Å². The summed E-state index contributed by atoms with van der Waals surface area (Å²) < 4.78 is 5.81. The van der Waals surface area contributed by atoms with E-state index < -0.39 is 9.85 Å². The molecule has 21 heavy (non-hydrogen) atoms. The molecule has 0 bridgehead atoms. The van der Waals surface area contributed by atoms with E-state index in [9.17, 15) is 20.2 Å². The van der Waals surface area contributed by atoms with Crippen LogP contribution in [0.2, 0.25) is 0 Å². The summed E-state index contributed by atoms with van der Waals surface area (Å²) >= 11 is 0.976. The molecule has 2 saturated carbocycles. The minimum absolute atomic E-state index is 0.157. The van der Waals surface area contributed by atoms with Gasteiger partial charge < -0.3 is 4.18 Å². The molecule has 0 N–H and O–H groups in total. The minimum atomic E-state index is -0.639. The summed E-state index contributed by atoms with van der Waals surface area (Å²) in [6.07, 6.45) is 4.78. The standard InChI is InChI=1S/C13H14N2O5S/c16-14(17)10-5-6-12(11(7-10)15(18)19)21-20-13(8-1-2-8)9-3-4-9/h5-9,13H,1-4H2. The summed E-state index contributed by atoms with van der Waals surface area (Å²) in [5.74, 6) is 1.14. The molecule has 0 aromatic heterocycles. The highest BCUT2D eigenvalue weighted by atomic mass is 32.2. The lowest BCUT2D eigenvalue weighted by molar-refractivity contribution is -0.396. The Balaban J connectivity index is 1.74. The van der Waals surface area contributed by atoms with Gasteiger partial charge in [-0.25, -0.2) is 0 Å². The molecule has 7 nitrogen and oxygen atoms in total. The number of hydrogen-bond donors (Lipinski definition) is 0. The first-order chi connectivity index (χ1) is 10.1. The average Bonchev–Trinajstić information content (AvgIpc) is 3.32. The Morgan fingerprint density at radius 2 is 1.71 bits per heavy atom. The molecule has 1 aromatic carbocycles. The molecule has 0 amide bonds. The molecular formula is C13H14N2O5S. The number of nitro benzene ring substituents is 2. The molecule has 2 aliphatic carbocycles. The first-order valence-corrected chi connectivity index (χ1v) is 7.56. The quantitative estimate of drug-likeness (QED) is 0.432. The predicted octanol–water partition coefficient (Wildman–Crippen LogP) is 3.72. The number of nitrogens with zero attached hydrogens (tertiary/aromatic N) is 2. The topological polar surface area (TPSA) is 95.5 Å². The largest absolute Gasteiger partial charge is 0.306 e. The molecule has 112 valence electrons. The maximum atomic E-state index is 11.0. The van der Waals surface area contributed by atoms with E-state index in [0.717, 1.165) is 43.8 Å². The summed E-state index contributed by atoms with van der Waals surface area (Å²) in [6.45, 7) is 0. The van der Waals surface area contributed by atoms with Crippen LogP contribution in [0.5, 0.6) is 0 Å². The Morgan fingerprint density at radius 3 is 2.19 bits per heavy atom. The van der Waals surface area contributed by atoms with Crippen LogP contribution in [0.1, 0.15) is 25.7 Å². The average molecular weight is 310 g/mol. The number of nitro groups is 2. The van der Waals surface area contributed by atoms with Gasteiger partial charge >= 0.3 is 0 Å². The molecule has 0 radical (unpaired) electrons. The highest BCUT2D eigenvalue weighted by molar-refractivity contribution is 7.94. The number of non-ortho nitro benzene ring substituents is 1. The zero-order valence-electron chi connectivity index (χ0n) is 11.1. The highest BCUT2D eigenvalue weighted by Crippen LogP contribution is 2.48. The molecule has 2 fully saturated rings. The van der Waals surface area contributed by atoms with Crippen LogP contribution < -0.4 is 0 Å². The third kappa shape index (κ3) is 3.33. The monoisotopic (exact) mass is 310 g/mol. The van der Waals surface area contributed by atoms with E-state index >= 15 is 0 Å². The van der Waals surface area contributed by atoms with Gasteiger partial charge in [0.15, 0.2) is 0 Å². The van der Waals surface area contributed by atoms with E-state index in [1.807, 2.05) is 0 Å². The third-order valence-corrected chi connectivity index (χ3v) is 4.62. The van der Waals surface area contributed by atoms with Crippen molar-refractivity contribution in [2.24, 2.45) is 11.8 Å². The second-order valence-electron chi connectivity index (χ2n) is 5.49. The molecule has 2 aliphatic rings. The van der Waals surface area contributed by atoms with E-state index in [1.54, 1.807) is 0 Å². The summed E-state index contributed by atoms with van der Waals surface area (Å²) in [7, 11) is 0. The molecule has 1 aromatic rings. The Labute approximate surface area is 125 Å². The maximum Gasteiger partial charge on any atom is 0.292 e. The van der Waals surface area contributed by atoms with E-state index in [1.165, 1.54) is 12.1 Å². The molecular weight excluding hydrogens is 296 g/mol. The lowest BCUT2D eigenvalue weighted by atomic mass is 10.1. The second-order valence-corrected chi connectivity index (χ2v) is 6.28. The Morgan fingerprint density at radius 1 is 1.10 bits per heavy atom. The fourth-order valence-electron chi connectivity index (χ4n) is 2.33. The van der Waals surface area contributed by atoms with Crippen LogP contribution in [0, 0.1) is 32.1 Å². The lowest BCUT2D eigenvalue weighted by Gasteiger charge is -2.14. The van der Waals surface area contributed by atoms with Gasteiger partial charge in [0.1, 0.15) is 4.90 Å². The normalized spacial score (nSPS) is 18.0. The summed E-state index contributed by atoms with van der Waals surface area (Å²) in [5, 5.41) is 21.7. The van der Waals surface area contributed by atoms with Crippen LogP contribution in [-0.2, 0) is 4.18 Å². The van der Waals surface area contributed by atoms with Crippen molar-refractivity contribution in [2.45, 2.75) is 36.7 Å². The number of rotatable bonds is 7. The van der Waals surface area contributed by atoms with Gasteiger partial charge in [0.05, 0.1) is 22.0 Å². The van der Waals surface area contributed by atoms with E-state index in [0.29, 0.717) is 16.7 Å². The van der Waals surface area contributed by atoms with Gasteiger partial charge in [0.25, 0.3) is 11.4 Å². The van der Waals surface area contributed by atoms with Crippen LogP contribution >= 0.6 is 12.0 Å². The van der Waals surface area contributed by atoms with Gasteiger partial charge in [0, 0.05) is 18.1 Å². The molecule has 3 rings (SSSR count). The van der Waals surface area contributed by atoms with Gasteiger partial charge in [-0.05, 0) is 43.6 Å². The van der Waals surface area contributed by atoms with Crippen molar-refractivity contribution in [3.8, 4) is 0 Å². The first kappa shape index (κ1) is 14.3. The Kier molecular flexibility index (Phi) is 3.81. The molecule has 0 heterocycles. The summed E-state index contributed by atoms with van der Waals surface area (Å²) in [5.41, 5.74) is -0.563. The maximum absolute atomic E-state index is 11.0. The van der Waals surface area contributed by atoms with Crippen molar-refractivity contribution in [1.29, 1.82) is 0 Å². The van der Waals surface area contributed by atoms with Crippen LogP contribution in [0.25, 0.3) is 0 Å². The second kappa shape index (κ2) is 5.61. The van der Waals surface area contributed by atoms with Crippen molar-refractivity contribution in [2.75, 3.05) is 0 Å². The summed E-state index contributed by atoms with van der Waals surface area (Å²) in [6, 6.07) is 3.63. The van der Waals surface area contributed by atoms with Gasteiger partial charge in [-0.2, -0.15) is 0 Å². The fourth-order valence-corrected chi connectivity index (χ4v) is 3.20. The fraction of sp³-hybridized carbons (Fsp3) is 0.538. The SMILES string of the molecule is O=[N+]([O-])c1ccc(SOC(C2CC2)C2CC2)c([N+](=O)[O-])c1. The van der Waals surface area contributed by atoms with Crippen molar-refractivity contribution < 1.29 is 14.0 Å². The van der Waals surface area contributed by atoms with Crippen molar-refractivity contribution >= 4 is 23.4 Å². The molecule has 0 spiro atoms.